The Morgan fingerprint density at radius 2 is 1.76 bits per heavy atom. The second-order valence-corrected chi connectivity index (χ2v) is 8.30. The van der Waals surface area contributed by atoms with Gasteiger partial charge in [-0.05, 0) is 73.2 Å². The fourth-order valence-corrected chi connectivity index (χ4v) is 4.56. The highest BCUT2D eigenvalue weighted by Gasteiger charge is 2.42. The smallest absolute Gasteiger partial charge is 0.217 e. The molecular weight excluding hydrogens is 440 g/mol. The second-order valence-electron chi connectivity index (χ2n) is 7.86. The van der Waals surface area contributed by atoms with Gasteiger partial charge in [0.1, 0.15) is 23.0 Å². The van der Waals surface area contributed by atoms with E-state index in [9.17, 15) is 0 Å². The maximum Gasteiger partial charge on any atom is 0.217 e. The van der Waals surface area contributed by atoms with Gasteiger partial charge in [0.25, 0.3) is 0 Å². The van der Waals surface area contributed by atoms with Gasteiger partial charge >= 0.3 is 0 Å². The number of nitrogens with zero attached hydrogens (tertiary/aromatic N) is 2. The van der Waals surface area contributed by atoms with Crippen LogP contribution in [0.4, 0.5) is 0 Å². The summed E-state index contributed by atoms with van der Waals surface area (Å²) in [5, 5.41) is 7.69. The number of halogens is 1. The van der Waals surface area contributed by atoms with Crippen LogP contribution in [0.2, 0.25) is 5.02 Å². The van der Waals surface area contributed by atoms with Crippen molar-refractivity contribution in [3.63, 3.8) is 0 Å². The summed E-state index contributed by atoms with van der Waals surface area (Å²) in [5.74, 6) is 3.07. The average molecular weight is 465 g/mol. The van der Waals surface area contributed by atoms with Crippen LogP contribution in [-0.2, 0) is 0 Å². The van der Waals surface area contributed by atoms with E-state index in [1.165, 1.54) is 0 Å². The number of hydrazone groups is 1. The van der Waals surface area contributed by atoms with Crippen LogP contribution in [-0.4, -0.2) is 31.5 Å². The van der Waals surface area contributed by atoms with E-state index in [4.69, 9.17) is 35.6 Å². The van der Waals surface area contributed by atoms with E-state index in [0.29, 0.717) is 17.4 Å². The summed E-state index contributed by atoms with van der Waals surface area (Å²) in [4.78, 5) is 0. The zero-order valence-electron chi connectivity index (χ0n) is 18.7. The molecule has 2 aliphatic heterocycles. The molecule has 3 aromatic carbocycles. The normalized spacial score (nSPS) is 18.7. The molecule has 170 valence electrons. The SMILES string of the molecule is CCOc1ccc(C2=NN3[C@@H](C2)c2cc(Cl)ccc2O[C@H]3c2cc(OC)ccc2OC)cc1. The largest absolute Gasteiger partial charge is 0.497 e. The van der Waals surface area contributed by atoms with Gasteiger partial charge in [0.15, 0.2) is 0 Å². The number of rotatable bonds is 6. The molecule has 0 aromatic heterocycles. The summed E-state index contributed by atoms with van der Waals surface area (Å²) in [6.07, 6.45) is 0.252. The van der Waals surface area contributed by atoms with E-state index < -0.39 is 6.23 Å². The molecule has 0 radical (unpaired) electrons. The topological polar surface area (TPSA) is 52.5 Å². The van der Waals surface area contributed by atoms with Gasteiger partial charge in [0.05, 0.1) is 38.1 Å². The van der Waals surface area contributed by atoms with Crippen LogP contribution in [0, 0.1) is 0 Å². The molecule has 0 bridgehead atoms. The average Bonchev–Trinajstić information content (AvgIpc) is 3.30. The van der Waals surface area contributed by atoms with E-state index in [1.807, 2.05) is 72.6 Å². The zero-order chi connectivity index (χ0) is 22.9. The maximum atomic E-state index is 6.47. The summed E-state index contributed by atoms with van der Waals surface area (Å²) < 4.78 is 23.2. The Morgan fingerprint density at radius 3 is 2.48 bits per heavy atom. The standard InChI is InChI=1S/C26H25ClN2O4/c1-4-32-18-8-5-16(6-9-18)22-15-23-20-13-17(27)7-11-25(20)33-26(29(23)28-22)21-14-19(30-2)10-12-24(21)31-3/h5-14,23,26H,4,15H2,1-3H3/t23-,26-/m0/s1. The van der Waals surface area contributed by atoms with Crippen molar-refractivity contribution >= 4 is 17.3 Å². The fraction of sp³-hybridized carbons (Fsp3) is 0.269. The maximum absolute atomic E-state index is 6.47. The molecule has 0 N–H and O–H groups in total. The monoisotopic (exact) mass is 464 g/mol. The lowest BCUT2D eigenvalue weighted by molar-refractivity contribution is -0.0204. The quantitative estimate of drug-likeness (QED) is 0.448. The number of fused-ring (bicyclic) bond motifs is 3. The minimum absolute atomic E-state index is 0.0186. The van der Waals surface area contributed by atoms with Crippen LogP contribution in [0.1, 0.15) is 42.3 Å². The second kappa shape index (κ2) is 8.87. The summed E-state index contributed by atoms with van der Waals surface area (Å²) in [6.45, 7) is 2.61. The first-order valence-corrected chi connectivity index (χ1v) is 11.3. The Hall–Kier alpha value is -3.38. The molecule has 0 amide bonds. The summed E-state index contributed by atoms with van der Waals surface area (Å²) >= 11 is 6.35. The molecule has 33 heavy (non-hydrogen) atoms. The Bertz CT molecular complexity index is 1200. The molecule has 2 atom stereocenters. The van der Waals surface area contributed by atoms with E-state index >= 15 is 0 Å². The van der Waals surface area contributed by atoms with Crippen molar-refractivity contribution in [2.45, 2.75) is 25.6 Å². The number of benzene rings is 3. The number of hydrogen-bond donors (Lipinski definition) is 0. The highest BCUT2D eigenvalue weighted by molar-refractivity contribution is 6.30. The van der Waals surface area contributed by atoms with E-state index in [-0.39, 0.29) is 6.04 Å². The van der Waals surface area contributed by atoms with Gasteiger partial charge in [-0.2, -0.15) is 5.10 Å². The van der Waals surface area contributed by atoms with Gasteiger partial charge in [-0.15, -0.1) is 0 Å². The van der Waals surface area contributed by atoms with Crippen molar-refractivity contribution in [1.29, 1.82) is 0 Å². The summed E-state index contributed by atoms with van der Waals surface area (Å²) in [6, 6.07) is 19.4. The third-order valence-corrected chi connectivity index (χ3v) is 6.19. The lowest BCUT2D eigenvalue weighted by Crippen LogP contribution is -2.34. The zero-order valence-corrected chi connectivity index (χ0v) is 19.5. The Balaban J connectivity index is 1.58. The van der Waals surface area contributed by atoms with Crippen molar-refractivity contribution in [3.05, 3.63) is 82.4 Å². The molecule has 2 aliphatic rings. The minimum Gasteiger partial charge on any atom is -0.497 e. The lowest BCUT2D eigenvalue weighted by atomic mass is 9.95. The van der Waals surface area contributed by atoms with Crippen LogP contribution < -0.4 is 18.9 Å². The lowest BCUT2D eigenvalue weighted by Gasteiger charge is -2.38. The van der Waals surface area contributed by atoms with Crippen LogP contribution in [0.5, 0.6) is 23.0 Å². The van der Waals surface area contributed by atoms with E-state index in [0.717, 1.165) is 46.1 Å². The van der Waals surface area contributed by atoms with Gasteiger partial charge in [0, 0.05) is 17.0 Å². The molecule has 0 saturated carbocycles. The van der Waals surface area contributed by atoms with E-state index in [2.05, 4.69) is 0 Å². The number of methoxy groups -OCH3 is 2. The molecular formula is C26H25ClN2O4. The van der Waals surface area contributed by atoms with Gasteiger partial charge in [0.2, 0.25) is 6.23 Å². The van der Waals surface area contributed by atoms with Gasteiger partial charge < -0.3 is 18.9 Å². The Labute approximate surface area is 198 Å². The van der Waals surface area contributed by atoms with Gasteiger partial charge in [-0.25, -0.2) is 5.01 Å². The third kappa shape index (κ3) is 3.95. The molecule has 3 aromatic rings. The third-order valence-electron chi connectivity index (χ3n) is 5.95. The first kappa shape index (κ1) is 21.5. The predicted molar refractivity (Wildman–Crippen MR) is 128 cm³/mol. The van der Waals surface area contributed by atoms with Crippen molar-refractivity contribution in [1.82, 2.24) is 5.01 Å². The fourth-order valence-electron chi connectivity index (χ4n) is 4.38. The van der Waals surface area contributed by atoms with Crippen molar-refractivity contribution in [3.8, 4) is 23.0 Å². The van der Waals surface area contributed by atoms with Crippen LogP contribution >= 0.6 is 11.6 Å². The van der Waals surface area contributed by atoms with Crippen LogP contribution in [0.15, 0.2) is 65.8 Å². The minimum atomic E-state index is -0.478. The predicted octanol–water partition coefficient (Wildman–Crippen LogP) is 6.00. The van der Waals surface area contributed by atoms with Crippen LogP contribution in [0.25, 0.3) is 0 Å². The Kier molecular flexibility index (Phi) is 5.77. The van der Waals surface area contributed by atoms with E-state index in [1.54, 1.807) is 14.2 Å². The molecule has 0 fully saturated rings. The van der Waals surface area contributed by atoms with Crippen molar-refractivity contribution in [2.24, 2.45) is 5.10 Å². The molecule has 5 rings (SSSR count). The number of hydrogen-bond acceptors (Lipinski definition) is 6. The molecule has 2 heterocycles. The molecule has 6 nitrogen and oxygen atoms in total. The van der Waals surface area contributed by atoms with Crippen LogP contribution in [0.3, 0.4) is 0 Å². The van der Waals surface area contributed by atoms with Gasteiger partial charge in [-0.1, -0.05) is 11.6 Å². The first-order chi connectivity index (χ1) is 16.1. The summed E-state index contributed by atoms with van der Waals surface area (Å²) in [7, 11) is 3.30. The highest BCUT2D eigenvalue weighted by Crippen LogP contribution is 2.49. The molecule has 0 spiro atoms. The number of ether oxygens (including phenoxy) is 4. The first-order valence-electron chi connectivity index (χ1n) is 10.9. The highest BCUT2D eigenvalue weighted by atomic mass is 35.5. The molecule has 7 heteroatoms. The van der Waals surface area contributed by atoms with Gasteiger partial charge in [-0.3, -0.25) is 0 Å². The molecule has 0 aliphatic carbocycles. The Morgan fingerprint density at radius 1 is 0.970 bits per heavy atom. The van der Waals surface area contributed by atoms with Crippen molar-refractivity contribution < 1.29 is 18.9 Å². The molecule has 0 saturated heterocycles. The molecule has 0 unspecified atom stereocenters. The van der Waals surface area contributed by atoms with Crippen molar-refractivity contribution in [2.75, 3.05) is 20.8 Å². The summed E-state index contributed by atoms with van der Waals surface area (Å²) in [5.41, 5.74) is 3.89.